The zero-order valence-electron chi connectivity index (χ0n) is 11.2. The Labute approximate surface area is 120 Å². The zero-order chi connectivity index (χ0) is 15.2. The van der Waals surface area contributed by atoms with Gasteiger partial charge in [0, 0.05) is 23.3 Å². The minimum atomic E-state index is -1.72. The SMILES string of the molecule is C=C[C@]1(O)C(c2cnc(N)c3cc[nH]c23)O[C@H](CO)[C@H]1O. The van der Waals surface area contributed by atoms with Gasteiger partial charge in [0.25, 0.3) is 0 Å². The first-order valence-electron chi connectivity index (χ1n) is 6.54. The summed E-state index contributed by atoms with van der Waals surface area (Å²) in [6.45, 7) is 3.16. The van der Waals surface area contributed by atoms with Crippen LogP contribution >= 0.6 is 0 Å². The summed E-state index contributed by atoms with van der Waals surface area (Å²) in [7, 11) is 0. The van der Waals surface area contributed by atoms with Crippen molar-refractivity contribution in [2.24, 2.45) is 0 Å². The molecule has 0 bridgehead atoms. The van der Waals surface area contributed by atoms with Gasteiger partial charge in [0.2, 0.25) is 0 Å². The summed E-state index contributed by atoms with van der Waals surface area (Å²) < 4.78 is 5.61. The number of aromatic nitrogens is 2. The highest BCUT2D eigenvalue weighted by Gasteiger charge is 2.54. The number of fused-ring (bicyclic) bond motifs is 1. The monoisotopic (exact) mass is 291 g/mol. The number of aliphatic hydroxyl groups is 3. The lowest BCUT2D eigenvalue weighted by Gasteiger charge is -2.28. The molecule has 3 heterocycles. The summed E-state index contributed by atoms with van der Waals surface area (Å²) in [4.78, 5) is 7.11. The number of aliphatic hydroxyl groups excluding tert-OH is 2. The lowest BCUT2D eigenvalue weighted by atomic mass is 9.87. The quantitative estimate of drug-likeness (QED) is 0.501. The molecule has 0 radical (unpaired) electrons. The van der Waals surface area contributed by atoms with E-state index in [2.05, 4.69) is 16.5 Å². The molecule has 0 spiro atoms. The van der Waals surface area contributed by atoms with Crippen LogP contribution in [-0.4, -0.2) is 49.7 Å². The van der Waals surface area contributed by atoms with Gasteiger partial charge >= 0.3 is 0 Å². The van der Waals surface area contributed by atoms with Crippen molar-refractivity contribution in [2.75, 3.05) is 12.3 Å². The molecule has 1 saturated heterocycles. The highest BCUT2D eigenvalue weighted by atomic mass is 16.6. The van der Waals surface area contributed by atoms with Gasteiger partial charge < -0.3 is 30.8 Å². The Morgan fingerprint density at radius 1 is 1.57 bits per heavy atom. The minimum Gasteiger partial charge on any atom is -0.394 e. The van der Waals surface area contributed by atoms with E-state index in [4.69, 9.17) is 10.5 Å². The summed E-state index contributed by atoms with van der Waals surface area (Å²) in [5.74, 6) is 0.356. The Balaban J connectivity index is 2.15. The van der Waals surface area contributed by atoms with E-state index in [0.717, 1.165) is 0 Å². The number of hydrogen-bond acceptors (Lipinski definition) is 6. The highest BCUT2D eigenvalue weighted by Crippen LogP contribution is 2.44. The van der Waals surface area contributed by atoms with Crippen molar-refractivity contribution in [3.05, 3.63) is 36.7 Å². The van der Waals surface area contributed by atoms with E-state index in [-0.39, 0.29) is 0 Å². The molecule has 0 aromatic carbocycles. The van der Waals surface area contributed by atoms with Crippen molar-refractivity contribution in [2.45, 2.75) is 23.9 Å². The number of anilines is 1. The van der Waals surface area contributed by atoms with Crippen molar-refractivity contribution >= 4 is 16.7 Å². The van der Waals surface area contributed by atoms with Crippen LogP contribution in [0.25, 0.3) is 10.9 Å². The molecule has 1 aliphatic heterocycles. The molecule has 0 saturated carbocycles. The van der Waals surface area contributed by atoms with Crippen LogP contribution in [0.4, 0.5) is 5.82 Å². The molecule has 112 valence electrons. The van der Waals surface area contributed by atoms with Crippen LogP contribution in [0.5, 0.6) is 0 Å². The van der Waals surface area contributed by atoms with Gasteiger partial charge in [-0.3, -0.25) is 0 Å². The molecule has 3 rings (SSSR count). The molecular formula is C14H17N3O4. The van der Waals surface area contributed by atoms with Crippen LogP contribution in [0.15, 0.2) is 31.1 Å². The van der Waals surface area contributed by atoms with Crippen LogP contribution in [0.2, 0.25) is 0 Å². The lowest BCUT2D eigenvalue weighted by molar-refractivity contribution is -0.0406. The van der Waals surface area contributed by atoms with Gasteiger partial charge in [-0.2, -0.15) is 0 Å². The van der Waals surface area contributed by atoms with Gasteiger partial charge in [-0.1, -0.05) is 6.08 Å². The molecule has 0 amide bonds. The van der Waals surface area contributed by atoms with E-state index in [1.807, 2.05) is 0 Å². The Hall–Kier alpha value is -1.93. The second kappa shape index (κ2) is 4.81. The van der Waals surface area contributed by atoms with Gasteiger partial charge in [0.15, 0.2) is 0 Å². The van der Waals surface area contributed by atoms with Crippen LogP contribution in [0.3, 0.4) is 0 Å². The van der Waals surface area contributed by atoms with E-state index in [1.165, 1.54) is 12.3 Å². The van der Waals surface area contributed by atoms with Crippen LogP contribution < -0.4 is 5.73 Å². The Morgan fingerprint density at radius 2 is 2.33 bits per heavy atom. The lowest BCUT2D eigenvalue weighted by Crippen LogP contribution is -2.44. The second-order valence-corrected chi connectivity index (χ2v) is 5.14. The van der Waals surface area contributed by atoms with Gasteiger partial charge in [-0.05, 0) is 6.07 Å². The van der Waals surface area contributed by atoms with E-state index in [0.29, 0.717) is 22.3 Å². The van der Waals surface area contributed by atoms with Crippen molar-refractivity contribution in [1.82, 2.24) is 9.97 Å². The van der Waals surface area contributed by atoms with Gasteiger partial charge in [0.1, 0.15) is 29.7 Å². The molecule has 2 aromatic heterocycles. The standard InChI is InChI=1S/C14H17N3O4/c1-2-14(20)11(19)9(6-18)21-12(14)8-5-17-13(15)7-3-4-16-10(7)8/h2-5,9,11-12,16,18-20H,1,6H2,(H2,15,17)/t9-,11-,12?,14-/m1/s1. The maximum Gasteiger partial charge on any atom is 0.141 e. The van der Waals surface area contributed by atoms with E-state index in [1.54, 1.807) is 12.3 Å². The average molecular weight is 291 g/mol. The average Bonchev–Trinajstić information content (AvgIpc) is 3.07. The third-order valence-corrected chi connectivity index (χ3v) is 4.00. The maximum atomic E-state index is 10.7. The van der Waals surface area contributed by atoms with Crippen molar-refractivity contribution in [3.63, 3.8) is 0 Å². The van der Waals surface area contributed by atoms with Gasteiger partial charge in [-0.15, -0.1) is 6.58 Å². The van der Waals surface area contributed by atoms with E-state index in [9.17, 15) is 15.3 Å². The first-order chi connectivity index (χ1) is 10.0. The van der Waals surface area contributed by atoms with Crippen molar-refractivity contribution in [3.8, 4) is 0 Å². The molecule has 0 aliphatic carbocycles. The van der Waals surface area contributed by atoms with E-state index < -0.39 is 30.5 Å². The summed E-state index contributed by atoms with van der Waals surface area (Å²) in [6.07, 6.45) is 1.32. The third kappa shape index (κ3) is 1.86. The molecule has 1 unspecified atom stereocenters. The molecule has 6 N–H and O–H groups in total. The summed E-state index contributed by atoms with van der Waals surface area (Å²) in [5.41, 5.74) is 5.29. The number of ether oxygens (including phenoxy) is 1. The number of nitrogens with two attached hydrogens (primary N) is 1. The Kier molecular flexibility index (Phi) is 3.22. The molecule has 7 heteroatoms. The number of rotatable bonds is 3. The number of nitrogens with one attached hydrogen (secondary N) is 1. The highest BCUT2D eigenvalue weighted by molar-refractivity contribution is 5.91. The zero-order valence-corrected chi connectivity index (χ0v) is 11.2. The molecule has 1 aliphatic rings. The van der Waals surface area contributed by atoms with Crippen LogP contribution in [-0.2, 0) is 4.74 Å². The second-order valence-electron chi connectivity index (χ2n) is 5.14. The molecule has 21 heavy (non-hydrogen) atoms. The maximum absolute atomic E-state index is 10.7. The molecule has 4 atom stereocenters. The number of nitrogens with zero attached hydrogens (tertiary/aromatic N) is 1. The van der Waals surface area contributed by atoms with Gasteiger partial charge in [0.05, 0.1) is 12.1 Å². The Morgan fingerprint density at radius 3 is 3.00 bits per heavy atom. The summed E-state index contributed by atoms with van der Waals surface area (Å²) in [6, 6.07) is 1.77. The Bertz CT molecular complexity index is 686. The third-order valence-electron chi connectivity index (χ3n) is 4.00. The predicted octanol–water partition coefficient (Wildman–Crippen LogP) is -0.145. The first kappa shape index (κ1) is 14.0. The first-order valence-corrected chi connectivity index (χ1v) is 6.54. The molecule has 1 fully saturated rings. The van der Waals surface area contributed by atoms with Gasteiger partial charge in [-0.25, -0.2) is 4.98 Å². The largest absolute Gasteiger partial charge is 0.394 e. The number of aromatic amines is 1. The smallest absolute Gasteiger partial charge is 0.141 e. The topological polar surface area (TPSA) is 125 Å². The minimum absolute atomic E-state index is 0.356. The summed E-state index contributed by atoms with van der Waals surface area (Å²) in [5, 5.41) is 30.8. The molecular weight excluding hydrogens is 274 g/mol. The van der Waals surface area contributed by atoms with Crippen LogP contribution in [0.1, 0.15) is 11.7 Å². The number of pyridine rings is 1. The molecule has 7 nitrogen and oxygen atoms in total. The number of nitrogen functional groups attached to an aromatic ring is 1. The van der Waals surface area contributed by atoms with Crippen LogP contribution in [0, 0.1) is 0 Å². The van der Waals surface area contributed by atoms with Crippen molar-refractivity contribution < 1.29 is 20.1 Å². The van der Waals surface area contributed by atoms with Crippen molar-refractivity contribution in [1.29, 1.82) is 0 Å². The van der Waals surface area contributed by atoms with E-state index >= 15 is 0 Å². The fourth-order valence-corrected chi connectivity index (χ4v) is 2.80. The molecule has 2 aromatic rings. The fraction of sp³-hybridized carbons (Fsp3) is 0.357. The summed E-state index contributed by atoms with van der Waals surface area (Å²) >= 11 is 0. The number of hydrogen-bond donors (Lipinski definition) is 5. The number of H-pyrrole nitrogens is 1. The normalized spacial score (nSPS) is 32.6. The fourth-order valence-electron chi connectivity index (χ4n) is 2.80. The predicted molar refractivity (Wildman–Crippen MR) is 76.4 cm³/mol.